The van der Waals surface area contributed by atoms with E-state index >= 15 is 0 Å². The minimum Gasteiger partial charge on any atom is -0.346 e. The van der Waals surface area contributed by atoms with Gasteiger partial charge in [-0.2, -0.15) is 0 Å². The number of nitrogens with one attached hydrogen (secondary N) is 1. The zero-order valence-corrected chi connectivity index (χ0v) is 10.8. The molecule has 0 saturated heterocycles. The summed E-state index contributed by atoms with van der Waals surface area (Å²) in [5.41, 5.74) is 1.85. The highest BCUT2D eigenvalue weighted by atomic mass is 16.1. The maximum Gasteiger partial charge on any atom is 0.251 e. The van der Waals surface area contributed by atoms with Crippen molar-refractivity contribution in [2.24, 2.45) is 0 Å². The van der Waals surface area contributed by atoms with Gasteiger partial charge in [0, 0.05) is 5.56 Å². The van der Waals surface area contributed by atoms with Crippen molar-refractivity contribution >= 4 is 5.91 Å². The van der Waals surface area contributed by atoms with Crippen molar-refractivity contribution in [2.45, 2.75) is 12.5 Å². The predicted molar refractivity (Wildman–Crippen MR) is 78.0 cm³/mol. The molecule has 1 N–H and O–H groups in total. The average molecular weight is 251 g/mol. The standard InChI is InChI=1S/C17H17NO/c1-2-16(13-14-9-5-3-6-10-14)18-17(19)15-11-7-4-8-12-15/h2-12,16H,1,13H2,(H,18,19)/t16-/m1/s1. The van der Waals surface area contributed by atoms with Gasteiger partial charge < -0.3 is 5.32 Å². The molecule has 1 amide bonds. The number of rotatable bonds is 5. The van der Waals surface area contributed by atoms with Crippen molar-refractivity contribution in [1.29, 1.82) is 0 Å². The van der Waals surface area contributed by atoms with Gasteiger partial charge in [-0.1, -0.05) is 54.6 Å². The van der Waals surface area contributed by atoms with Gasteiger partial charge in [0.05, 0.1) is 6.04 Å². The van der Waals surface area contributed by atoms with E-state index in [9.17, 15) is 4.79 Å². The number of carbonyl (C=O) groups excluding carboxylic acids is 1. The van der Waals surface area contributed by atoms with Gasteiger partial charge in [-0.15, -0.1) is 6.58 Å². The third-order valence-corrected chi connectivity index (χ3v) is 2.94. The molecule has 2 heteroatoms. The summed E-state index contributed by atoms with van der Waals surface area (Å²) in [6.07, 6.45) is 2.52. The smallest absolute Gasteiger partial charge is 0.251 e. The summed E-state index contributed by atoms with van der Waals surface area (Å²) >= 11 is 0. The Kier molecular flexibility index (Phi) is 4.51. The van der Waals surface area contributed by atoms with Crippen molar-refractivity contribution < 1.29 is 4.79 Å². The van der Waals surface area contributed by atoms with Crippen LogP contribution in [0.3, 0.4) is 0 Å². The van der Waals surface area contributed by atoms with Crippen LogP contribution in [0, 0.1) is 0 Å². The second-order valence-corrected chi connectivity index (χ2v) is 4.37. The van der Waals surface area contributed by atoms with Gasteiger partial charge in [0.1, 0.15) is 0 Å². The second kappa shape index (κ2) is 6.55. The van der Waals surface area contributed by atoms with Crippen molar-refractivity contribution in [3.63, 3.8) is 0 Å². The molecule has 2 aromatic rings. The van der Waals surface area contributed by atoms with E-state index in [1.807, 2.05) is 48.5 Å². The lowest BCUT2D eigenvalue weighted by atomic mass is 10.1. The maximum absolute atomic E-state index is 12.0. The lowest BCUT2D eigenvalue weighted by molar-refractivity contribution is 0.0944. The summed E-state index contributed by atoms with van der Waals surface area (Å²) in [5, 5.41) is 2.97. The zero-order valence-electron chi connectivity index (χ0n) is 10.8. The largest absolute Gasteiger partial charge is 0.346 e. The highest BCUT2D eigenvalue weighted by molar-refractivity contribution is 5.94. The summed E-state index contributed by atoms with van der Waals surface area (Å²) in [5.74, 6) is -0.0681. The van der Waals surface area contributed by atoms with Crippen LogP contribution in [0.4, 0.5) is 0 Å². The van der Waals surface area contributed by atoms with Gasteiger partial charge in [0.25, 0.3) is 5.91 Å². The summed E-state index contributed by atoms with van der Waals surface area (Å²) in [6, 6.07) is 19.2. The van der Waals surface area contributed by atoms with Crippen LogP contribution in [-0.2, 0) is 6.42 Å². The van der Waals surface area contributed by atoms with E-state index < -0.39 is 0 Å². The van der Waals surface area contributed by atoms with Gasteiger partial charge in [-0.25, -0.2) is 0 Å². The van der Waals surface area contributed by atoms with Gasteiger partial charge >= 0.3 is 0 Å². The molecule has 19 heavy (non-hydrogen) atoms. The third-order valence-electron chi connectivity index (χ3n) is 2.94. The molecule has 0 saturated carbocycles. The molecular weight excluding hydrogens is 234 g/mol. The maximum atomic E-state index is 12.0. The van der Waals surface area contributed by atoms with Crippen LogP contribution in [0.25, 0.3) is 0 Å². The zero-order chi connectivity index (χ0) is 13.5. The molecule has 0 unspecified atom stereocenters. The summed E-state index contributed by atoms with van der Waals surface area (Å²) in [7, 11) is 0. The normalized spacial score (nSPS) is 11.6. The Morgan fingerprint density at radius 1 is 1.05 bits per heavy atom. The van der Waals surface area contributed by atoms with Crippen LogP contribution in [0.1, 0.15) is 15.9 Å². The number of hydrogen-bond donors (Lipinski definition) is 1. The highest BCUT2D eigenvalue weighted by Crippen LogP contribution is 2.05. The number of benzene rings is 2. The topological polar surface area (TPSA) is 29.1 Å². The van der Waals surface area contributed by atoms with Gasteiger partial charge in [0.2, 0.25) is 0 Å². The second-order valence-electron chi connectivity index (χ2n) is 4.37. The van der Waals surface area contributed by atoms with Crippen molar-refractivity contribution in [1.82, 2.24) is 5.32 Å². The first-order valence-corrected chi connectivity index (χ1v) is 6.32. The van der Waals surface area contributed by atoms with Crippen LogP contribution in [0.5, 0.6) is 0 Å². The fourth-order valence-electron chi connectivity index (χ4n) is 1.90. The quantitative estimate of drug-likeness (QED) is 0.812. The number of carbonyl (C=O) groups is 1. The number of amides is 1. The molecule has 2 nitrogen and oxygen atoms in total. The van der Waals surface area contributed by atoms with E-state index in [2.05, 4.69) is 11.9 Å². The fraction of sp³-hybridized carbons (Fsp3) is 0.118. The van der Waals surface area contributed by atoms with E-state index in [4.69, 9.17) is 0 Å². The van der Waals surface area contributed by atoms with Gasteiger partial charge in [0.15, 0.2) is 0 Å². The lowest BCUT2D eigenvalue weighted by Gasteiger charge is -2.15. The first kappa shape index (κ1) is 13.1. The van der Waals surface area contributed by atoms with E-state index in [0.717, 1.165) is 6.42 Å². The average Bonchev–Trinajstić information content (AvgIpc) is 2.48. The highest BCUT2D eigenvalue weighted by Gasteiger charge is 2.10. The Morgan fingerprint density at radius 2 is 1.63 bits per heavy atom. The minimum atomic E-state index is -0.0681. The molecule has 0 heterocycles. The third kappa shape index (κ3) is 3.81. The molecule has 0 aliphatic heterocycles. The Balaban J connectivity index is 2.00. The molecular formula is C17H17NO. The van der Waals surface area contributed by atoms with E-state index in [0.29, 0.717) is 5.56 Å². The van der Waals surface area contributed by atoms with Gasteiger partial charge in [-0.05, 0) is 24.1 Å². The van der Waals surface area contributed by atoms with E-state index in [1.165, 1.54) is 5.56 Å². The van der Waals surface area contributed by atoms with Crippen molar-refractivity contribution in [3.05, 3.63) is 84.4 Å². The van der Waals surface area contributed by atoms with Crippen LogP contribution >= 0.6 is 0 Å². The summed E-state index contributed by atoms with van der Waals surface area (Å²) < 4.78 is 0. The molecule has 96 valence electrons. The fourth-order valence-corrected chi connectivity index (χ4v) is 1.90. The summed E-state index contributed by atoms with van der Waals surface area (Å²) in [6.45, 7) is 3.79. The first-order chi connectivity index (χ1) is 9.29. The van der Waals surface area contributed by atoms with Crippen LogP contribution in [-0.4, -0.2) is 11.9 Å². The molecule has 0 fully saturated rings. The molecule has 0 aromatic heterocycles. The van der Waals surface area contributed by atoms with E-state index in [1.54, 1.807) is 18.2 Å². The Morgan fingerprint density at radius 3 is 2.21 bits per heavy atom. The monoisotopic (exact) mass is 251 g/mol. The lowest BCUT2D eigenvalue weighted by Crippen LogP contribution is -2.34. The predicted octanol–water partition coefficient (Wildman–Crippen LogP) is 3.21. The minimum absolute atomic E-state index is 0.0601. The Hall–Kier alpha value is -2.35. The van der Waals surface area contributed by atoms with Crippen LogP contribution < -0.4 is 5.32 Å². The van der Waals surface area contributed by atoms with Crippen LogP contribution in [0.15, 0.2) is 73.3 Å². The first-order valence-electron chi connectivity index (χ1n) is 6.32. The Bertz CT molecular complexity index is 534. The van der Waals surface area contributed by atoms with Crippen molar-refractivity contribution in [2.75, 3.05) is 0 Å². The van der Waals surface area contributed by atoms with Crippen molar-refractivity contribution in [3.8, 4) is 0 Å². The molecule has 0 radical (unpaired) electrons. The molecule has 2 rings (SSSR count). The van der Waals surface area contributed by atoms with Crippen LogP contribution in [0.2, 0.25) is 0 Å². The Labute approximate surface area is 113 Å². The van der Waals surface area contributed by atoms with E-state index in [-0.39, 0.29) is 11.9 Å². The molecule has 0 aliphatic carbocycles. The SMILES string of the molecule is C=C[C@H](Cc1ccccc1)NC(=O)c1ccccc1. The molecule has 1 atom stereocenters. The summed E-state index contributed by atoms with van der Waals surface area (Å²) in [4.78, 5) is 12.0. The molecule has 0 spiro atoms. The van der Waals surface area contributed by atoms with Gasteiger partial charge in [-0.3, -0.25) is 4.79 Å². The number of hydrogen-bond acceptors (Lipinski definition) is 1. The molecule has 2 aromatic carbocycles. The molecule has 0 aliphatic rings. The molecule has 0 bridgehead atoms.